The van der Waals surface area contributed by atoms with Crippen molar-refractivity contribution in [1.82, 2.24) is 4.90 Å². The first-order valence-corrected chi connectivity index (χ1v) is 9.93. The number of methoxy groups -OCH3 is 1. The van der Waals surface area contributed by atoms with Crippen LogP contribution in [0, 0.1) is 0 Å². The molecule has 0 spiro atoms. The SMILES string of the molecule is COc1ccc(C2CCN(C(=O)c3ccccc3COc3ccccc3)C2)cc1. The number of hydrogen-bond donors (Lipinski definition) is 0. The molecular weight excluding hydrogens is 362 g/mol. The Hall–Kier alpha value is -3.27. The van der Waals surface area contributed by atoms with E-state index in [-0.39, 0.29) is 5.91 Å². The minimum Gasteiger partial charge on any atom is -0.497 e. The van der Waals surface area contributed by atoms with Crippen LogP contribution in [-0.2, 0) is 6.61 Å². The van der Waals surface area contributed by atoms with Crippen LogP contribution in [0.4, 0.5) is 0 Å². The summed E-state index contributed by atoms with van der Waals surface area (Å²) in [6.07, 6.45) is 0.973. The number of carbonyl (C=O) groups is 1. The van der Waals surface area contributed by atoms with Gasteiger partial charge in [0.1, 0.15) is 18.1 Å². The number of amides is 1. The second kappa shape index (κ2) is 8.82. The van der Waals surface area contributed by atoms with E-state index in [1.54, 1.807) is 7.11 Å². The molecule has 29 heavy (non-hydrogen) atoms. The molecule has 0 radical (unpaired) electrons. The summed E-state index contributed by atoms with van der Waals surface area (Å²) >= 11 is 0. The van der Waals surface area contributed by atoms with Crippen molar-refractivity contribution in [2.45, 2.75) is 18.9 Å². The van der Waals surface area contributed by atoms with Crippen LogP contribution in [0.15, 0.2) is 78.9 Å². The van der Waals surface area contributed by atoms with Gasteiger partial charge in [-0.15, -0.1) is 0 Å². The summed E-state index contributed by atoms with van der Waals surface area (Å²) in [5.74, 6) is 2.09. The van der Waals surface area contributed by atoms with E-state index in [1.807, 2.05) is 71.6 Å². The number of carbonyl (C=O) groups excluding carboxylic acids is 1. The number of ether oxygens (including phenoxy) is 2. The number of para-hydroxylation sites is 1. The molecule has 148 valence electrons. The van der Waals surface area contributed by atoms with E-state index in [2.05, 4.69) is 12.1 Å². The molecule has 1 aliphatic rings. The first-order valence-electron chi connectivity index (χ1n) is 9.93. The zero-order valence-electron chi connectivity index (χ0n) is 16.6. The second-order valence-corrected chi connectivity index (χ2v) is 7.27. The van der Waals surface area contributed by atoms with Crippen molar-refractivity contribution in [1.29, 1.82) is 0 Å². The molecule has 1 saturated heterocycles. The Morgan fingerprint density at radius 1 is 0.931 bits per heavy atom. The molecule has 0 aliphatic carbocycles. The Morgan fingerprint density at radius 2 is 1.66 bits per heavy atom. The number of nitrogens with zero attached hydrogens (tertiary/aromatic N) is 1. The lowest BCUT2D eigenvalue weighted by atomic mass is 9.98. The van der Waals surface area contributed by atoms with Gasteiger partial charge in [0.25, 0.3) is 5.91 Å². The maximum atomic E-state index is 13.2. The predicted molar refractivity (Wildman–Crippen MR) is 113 cm³/mol. The molecule has 1 unspecified atom stereocenters. The van der Waals surface area contributed by atoms with Crippen LogP contribution in [0.25, 0.3) is 0 Å². The van der Waals surface area contributed by atoms with Gasteiger partial charge < -0.3 is 14.4 Å². The van der Waals surface area contributed by atoms with Crippen molar-refractivity contribution in [3.63, 3.8) is 0 Å². The fraction of sp³-hybridized carbons (Fsp3) is 0.240. The molecule has 4 rings (SSSR count). The normalized spacial score (nSPS) is 15.9. The number of benzene rings is 3. The molecule has 3 aromatic carbocycles. The molecule has 0 saturated carbocycles. The molecular formula is C25H25NO3. The summed E-state index contributed by atoms with van der Waals surface area (Å²) in [6.45, 7) is 1.88. The van der Waals surface area contributed by atoms with E-state index < -0.39 is 0 Å². The number of hydrogen-bond acceptors (Lipinski definition) is 3. The van der Waals surface area contributed by atoms with Gasteiger partial charge >= 0.3 is 0 Å². The van der Waals surface area contributed by atoms with Crippen molar-refractivity contribution >= 4 is 5.91 Å². The summed E-state index contributed by atoms with van der Waals surface area (Å²) in [5.41, 5.74) is 2.88. The summed E-state index contributed by atoms with van der Waals surface area (Å²) < 4.78 is 11.1. The third-order valence-corrected chi connectivity index (χ3v) is 5.45. The molecule has 0 bridgehead atoms. The molecule has 1 amide bonds. The van der Waals surface area contributed by atoms with Gasteiger partial charge in [0.15, 0.2) is 0 Å². The lowest BCUT2D eigenvalue weighted by Gasteiger charge is -2.19. The van der Waals surface area contributed by atoms with Crippen LogP contribution in [-0.4, -0.2) is 31.0 Å². The zero-order chi connectivity index (χ0) is 20.1. The molecule has 0 aromatic heterocycles. The monoisotopic (exact) mass is 387 g/mol. The van der Waals surface area contributed by atoms with Crippen LogP contribution < -0.4 is 9.47 Å². The minimum atomic E-state index is 0.0771. The first kappa shape index (κ1) is 19.1. The van der Waals surface area contributed by atoms with Crippen molar-refractivity contribution in [3.05, 3.63) is 95.6 Å². The maximum absolute atomic E-state index is 13.2. The van der Waals surface area contributed by atoms with Gasteiger partial charge in [-0.25, -0.2) is 0 Å². The maximum Gasteiger partial charge on any atom is 0.254 e. The minimum absolute atomic E-state index is 0.0771. The molecule has 1 aliphatic heterocycles. The standard InChI is InChI=1S/C25H25NO3/c1-28-22-13-11-19(12-14-22)20-15-16-26(17-20)25(27)24-10-6-5-7-21(24)18-29-23-8-3-2-4-9-23/h2-14,20H,15-18H2,1H3. The lowest BCUT2D eigenvalue weighted by Crippen LogP contribution is -2.29. The fourth-order valence-electron chi connectivity index (χ4n) is 3.80. The smallest absolute Gasteiger partial charge is 0.254 e. The largest absolute Gasteiger partial charge is 0.497 e. The molecule has 1 heterocycles. The Bertz CT molecular complexity index is 953. The molecule has 4 heteroatoms. The van der Waals surface area contributed by atoms with Crippen molar-refractivity contribution in [2.24, 2.45) is 0 Å². The highest BCUT2D eigenvalue weighted by molar-refractivity contribution is 5.96. The van der Waals surface area contributed by atoms with Gasteiger partial charge in [0.2, 0.25) is 0 Å². The van der Waals surface area contributed by atoms with Gasteiger partial charge in [-0.05, 0) is 42.3 Å². The van der Waals surface area contributed by atoms with Gasteiger partial charge in [-0.1, -0.05) is 48.5 Å². The summed E-state index contributed by atoms with van der Waals surface area (Å²) in [4.78, 5) is 15.2. The highest BCUT2D eigenvalue weighted by Crippen LogP contribution is 2.30. The summed E-state index contributed by atoms with van der Waals surface area (Å²) in [5, 5.41) is 0. The van der Waals surface area contributed by atoms with Gasteiger partial charge in [0, 0.05) is 30.1 Å². The average Bonchev–Trinajstić information content (AvgIpc) is 3.28. The Balaban J connectivity index is 1.44. The number of rotatable bonds is 6. The Kier molecular flexibility index (Phi) is 5.80. The predicted octanol–water partition coefficient (Wildman–Crippen LogP) is 4.90. The fourth-order valence-corrected chi connectivity index (χ4v) is 3.80. The molecule has 1 atom stereocenters. The van der Waals surface area contributed by atoms with Crippen LogP contribution in [0.3, 0.4) is 0 Å². The van der Waals surface area contributed by atoms with Crippen LogP contribution in [0.2, 0.25) is 0 Å². The van der Waals surface area contributed by atoms with Gasteiger partial charge in [0.05, 0.1) is 7.11 Å². The van der Waals surface area contributed by atoms with E-state index in [1.165, 1.54) is 5.56 Å². The highest BCUT2D eigenvalue weighted by atomic mass is 16.5. The van der Waals surface area contributed by atoms with Gasteiger partial charge in [-0.3, -0.25) is 4.79 Å². The topological polar surface area (TPSA) is 38.8 Å². The van der Waals surface area contributed by atoms with E-state index >= 15 is 0 Å². The van der Waals surface area contributed by atoms with E-state index in [0.717, 1.165) is 42.1 Å². The van der Waals surface area contributed by atoms with Crippen molar-refractivity contribution in [3.8, 4) is 11.5 Å². The lowest BCUT2D eigenvalue weighted by molar-refractivity contribution is 0.0788. The third kappa shape index (κ3) is 4.43. The Labute approximate surface area is 171 Å². The quantitative estimate of drug-likeness (QED) is 0.604. The van der Waals surface area contributed by atoms with E-state index in [0.29, 0.717) is 12.5 Å². The Morgan fingerprint density at radius 3 is 2.41 bits per heavy atom. The van der Waals surface area contributed by atoms with Crippen molar-refractivity contribution in [2.75, 3.05) is 20.2 Å². The van der Waals surface area contributed by atoms with Crippen molar-refractivity contribution < 1.29 is 14.3 Å². The van der Waals surface area contributed by atoms with Crippen LogP contribution >= 0.6 is 0 Å². The van der Waals surface area contributed by atoms with Crippen LogP contribution in [0.5, 0.6) is 11.5 Å². The van der Waals surface area contributed by atoms with Gasteiger partial charge in [-0.2, -0.15) is 0 Å². The second-order valence-electron chi connectivity index (χ2n) is 7.27. The summed E-state index contributed by atoms with van der Waals surface area (Å²) in [7, 11) is 1.67. The number of likely N-dealkylation sites (tertiary alicyclic amines) is 1. The van der Waals surface area contributed by atoms with E-state index in [4.69, 9.17) is 9.47 Å². The van der Waals surface area contributed by atoms with Crippen LogP contribution in [0.1, 0.15) is 33.8 Å². The molecule has 3 aromatic rings. The average molecular weight is 387 g/mol. The third-order valence-electron chi connectivity index (χ3n) is 5.45. The zero-order valence-corrected chi connectivity index (χ0v) is 16.6. The summed E-state index contributed by atoms with van der Waals surface area (Å²) in [6, 6.07) is 25.6. The van der Waals surface area contributed by atoms with E-state index in [9.17, 15) is 4.79 Å². The first-order chi connectivity index (χ1) is 14.2. The molecule has 0 N–H and O–H groups in total. The molecule has 1 fully saturated rings. The molecule has 4 nitrogen and oxygen atoms in total. The highest BCUT2D eigenvalue weighted by Gasteiger charge is 2.29.